The van der Waals surface area contributed by atoms with Crippen molar-refractivity contribution in [3.8, 4) is 28.8 Å². The van der Waals surface area contributed by atoms with Crippen LogP contribution in [0.2, 0.25) is 0 Å². The third-order valence-corrected chi connectivity index (χ3v) is 9.71. The van der Waals surface area contributed by atoms with Crippen molar-refractivity contribution >= 4 is 11.3 Å². The summed E-state index contributed by atoms with van der Waals surface area (Å²) in [6.07, 6.45) is 8.34. The first-order valence-electron chi connectivity index (χ1n) is 15.0. The number of piperidine rings is 2. The van der Waals surface area contributed by atoms with Crippen LogP contribution in [-0.4, -0.2) is 99.1 Å². The van der Waals surface area contributed by atoms with Crippen LogP contribution in [0.4, 0.5) is 5.82 Å². The number of likely N-dealkylation sites (tertiary alicyclic amines) is 1. The predicted molar refractivity (Wildman–Crippen MR) is 159 cm³/mol. The fourth-order valence-electron chi connectivity index (χ4n) is 7.24. The SMILES string of the molecule is COc1ccc(CN2C3CC2CN(c2ccc(-c4cc(OCCN5CC6C(O)C6C5)cn5ncc(C#N)c45)cn2)C3)cn1. The molecule has 0 radical (unpaired) electrons. The number of rotatable bonds is 9. The average molecular weight is 579 g/mol. The third kappa shape index (κ3) is 4.76. The minimum atomic E-state index is -0.102. The fraction of sp³-hybridized carbons (Fsp3) is 0.438. The summed E-state index contributed by atoms with van der Waals surface area (Å²) in [6.45, 7) is 6.04. The lowest BCUT2D eigenvalue weighted by Gasteiger charge is -2.56. The number of piperazine rings is 1. The lowest BCUT2D eigenvalue weighted by atomic mass is 9.87. The maximum Gasteiger partial charge on any atom is 0.212 e. The lowest BCUT2D eigenvalue weighted by molar-refractivity contribution is -0.00876. The zero-order chi connectivity index (χ0) is 29.1. The van der Waals surface area contributed by atoms with Gasteiger partial charge in [0.25, 0.3) is 0 Å². The molecule has 1 N–H and O–H groups in total. The van der Waals surface area contributed by atoms with Crippen molar-refractivity contribution in [2.75, 3.05) is 51.3 Å². The molecule has 4 unspecified atom stereocenters. The number of nitriles is 1. The molecule has 4 atom stereocenters. The Morgan fingerprint density at radius 1 is 1.02 bits per heavy atom. The van der Waals surface area contributed by atoms with Gasteiger partial charge in [0, 0.05) is 92.8 Å². The van der Waals surface area contributed by atoms with E-state index in [1.807, 2.05) is 30.7 Å². The van der Waals surface area contributed by atoms with Gasteiger partial charge in [-0.2, -0.15) is 10.4 Å². The summed E-state index contributed by atoms with van der Waals surface area (Å²) in [6, 6.07) is 13.4. The number of aliphatic hydroxyl groups is 1. The minimum Gasteiger partial charge on any atom is -0.491 e. The molecule has 5 aliphatic rings. The molecule has 8 heterocycles. The van der Waals surface area contributed by atoms with Crippen LogP contribution in [0.25, 0.3) is 16.6 Å². The number of aliphatic hydroxyl groups excluding tert-OH is 1. The zero-order valence-corrected chi connectivity index (χ0v) is 24.1. The van der Waals surface area contributed by atoms with Crippen LogP contribution in [0, 0.1) is 23.2 Å². The highest BCUT2D eigenvalue weighted by molar-refractivity contribution is 5.85. The van der Waals surface area contributed by atoms with E-state index in [1.54, 1.807) is 17.8 Å². The van der Waals surface area contributed by atoms with Crippen molar-refractivity contribution in [2.24, 2.45) is 11.8 Å². The van der Waals surface area contributed by atoms with E-state index in [9.17, 15) is 10.4 Å². The van der Waals surface area contributed by atoms with Crippen LogP contribution in [0.15, 0.2) is 55.1 Å². The van der Waals surface area contributed by atoms with Crippen LogP contribution in [0.5, 0.6) is 11.6 Å². The number of fused-ring (bicyclic) bond motifs is 4. The van der Waals surface area contributed by atoms with Gasteiger partial charge in [-0.05, 0) is 30.2 Å². The Hall–Kier alpha value is -4.24. The first-order valence-corrected chi connectivity index (χ1v) is 15.0. The highest BCUT2D eigenvalue weighted by Gasteiger charge is 2.54. The Morgan fingerprint density at radius 3 is 2.56 bits per heavy atom. The van der Waals surface area contributed by atoms with Gasteiger partial charge >= 0.3 is 0 Å². The molecule has 4 saturated heterocycles. The largest absolute Gasteiger partial charge is 0.491 e. The Bertz CT molecular complexity index is 1660. The standard InChI is InChI=1S/C32H34N8O3/c1-42-30-5-2-20(11-35-30)14-39-23-8-24(39)16-38(15-23)29-4-3-21(12-34-29)26-9-25(17-40-31(26)22(10-33)13-36-40)43-7-6-37-18-27-28(19-37)32(27)41/h2-5,9,11-13,17,23-24,27-28,32,41H,6-8,14-16,18-19H2,1H3. The van der Waals surface area contributed by atoms with Crippen LogP contribution in [0.1, 0.15) is 17.5 Å². The van der Waals surface area contributed by atoms with Crippen molar-refractivity contribution in [1.29, 1.82) is 5.26 Å². The molecule has 11 nitrogen and oxygen atoms in total. The van der Waals surface area contributed by atoms with Gasteiger partial charge in [-0.15, -0.1) is 0 Å². The average Bonchev–Trinajstić information content (AvgIpc) is 3.37. The number of pyridine rings is 3. The first-order chi connectivity index (χ1) is 21.1. The monoisotopic (exact) mass is 578 g/mol. The van der Waals surface area contributed by atoms with E-state index in [2.05, 4.69) is 49.1 Å². The number of nitrogens with zero attached hydrogens (tertiary/aromatic N) is 8. The molecule has 9 rings (SSSR count). The van der Waals surface area contributed by atoms with E-state index in [4.69, 9.17) is 14.5 Å². The van der Waals surface area contributed by atoms with Crippen LogP contribution in [0.3, 0.4) is 0 Å². The topological polar surface area (TPSA) is 115 Å². The van der Waals surface area contributed by atoms with Gasteiger partial charge in [0.15, 0.2) is 0 Å². The van der Waals surface area contributed by atoms with Crippen molar-refractivity contribution in [3.05, 3.63) is 66.2 Å². The van der Waals surface area contributed by atoms with Crippen LogP contribution < -0.4 is 14.4 Å². The number of aromatic nitrogens is 4. The second kappa shape index (κ2) is 10.5. The quantitative estimate of drug-likeness (QED) is 0.318. The van der Waals surface area contributed by atoms with Gasteiger partial charge < -0.3 is 19.5 Å². The second-order valence-electron chi connectivity index (χ2n) is 12.2. The molecule has 0 aromatic carbocycles. The summed E-state index contributed by atoms with van der Waals surface area (Å²) in [4.78, 5) is 16.5. The van der Waals surface area contributed by atoms with Gasteiger partial charge in [0.1, 0.15) is 24.2 Å². The van der Waals surface area contributed by atoms with Gasteiger partial charge in [-0.25, -0.2) is 14.5 Å². The summed E-state index contributed by atoms with van der Waals surface area (Å²) in [7, 11) is 1.64. The minimum absolute atomic E-state index is 0.102. The van der Waals surface area contributed by atoms with E-state index in [0.29, 0.717) is 47.7 Å². The Labute approximate surface area is 249 Å². The molecule has 4 aliphatic heterocycles. The predicted octanol–water partition coefficient (Wildman–Crippen LogP) is 2.44. The summed E-state index contributed by atoms with van der Waals surface area (Å²) < 4.78 is 13.1. The molecule has 1 saturated carbocycles. The summed E-state index contributed by atoms with van der Waals surface area (Å²) in [5, 5.41) is 24.0. The summed E-state index contributed by atoms with van der Waals surface area (Å²) in [5.74, 6) is 3.19. The van der Waals surface area contributed by atoms with Crippen molar-refractivity contribution < 1.29 is 14.6 Å². The number of ether oxygens (including phenoxy) is 2. The highest BCUT2D eigenvalue weighted by Crippen LogP contribution is 2.45. The molecule has 11 heteroatoms. The van der Waals surface area contributed by atoms with Crippen LogP contribution >= 0.6 is 0 Å². The smallest absolute Gasteiger partial charge is 0.212 e. The third-order valence-electron chi connectivity index (χ3n) is 9.71. The molecule has 43 heavy (non-hydrogen) atoms. The molecule has 2 bridgehead atoms. The number of hydrogen-bond acceptors (Lipinski definition) is 10. The van der Waals surface area contributed by atoms with E-state index in [1.165, 1.54) is 12.0 Å². The van der Waals surface area contributed by atoms with E-state index >= 15 is 0 Å². The summed E-state index contributed by atoms with van der Waals surface area (Å²) in [5.41, 5.74) is 4.26. The number of hydrogen-bond donors (Lipinski definition) is 1. The number of anilines is 1. The Morgan fingerprint density at radius 2 is 1.86 bits per heavy atom. The van der Waals surface area contributed by atoms with Gasteiger partial charge in [0.05, 0.1) is 36.7 Å². The molecule has 4 aromatic rings. The molecule has 0 spiro atoms. The molecule has 1 aliphatic carbocycles. The maximum atomic E-state index is 9.80. The highest BCUT2D eigenvalue weighted by atomic mass is 16.5. The normalized spacial score (nSPS) is 26.2. The fourth-order valence-corrected chi connectivity index (χ4v) is 7.24. The molecule has 220 valence electrons. The van der Waals surface area contributed by atoms with Crippen molar-refractivity contribution in [3.63, 3.8) is 0 Å². The Kier molecular flexibility index (Phi) is 6.44. The van der Waals surface area contributed by atoms with Gasteiger partial charge in [0.2, 0.25) is 5.88 Å². The first kappa shape index (κ1) is 26.4. The molecular weight excluding hydrogens is 544 g/mol. The number of methoxy groups -OCH3 is 1. The van der Waals surface area contributed by atoms with E-state index in [0.717, 1.165) is 61.7 Å². The van der Waals surface area contributed by atoms with E-state index in [-0.39, 0.29) is 6.10 Å². The van der Waals surface area contributed by atoms with Gasteiger partial charge in [-0.3, -0.25) is 9.80 Å². The summed E-state index contributed by atoms with van der Waals surface area (Å²) >= 11 is 0. The molecular formula is C32H34N8O3. The molecule has 4 aromatic heterocycles. The molecule has 0 amide bonds. The van der Waals surface area contributed by atoms with Crippen molar-refractivity contribution in [2.45, 2.75) is 31.2 Å². The zero-order valence-electron chi connectivity index (χ0n) is 24.1. The second-order valence-corrected chi connectivity index (χ2v) is 12.2. The lowest BCUT2D eigenvalue weighted by Crippen LogP contribution is -2.68. The van der Waals surface area contributed by atoms with E-state index < -0.39 is 0 Å². The van der Waals surface area contributed by atoms with Gasteiger partial charge in [-0.1, -0.05) is 6.07 Å². The molecule has 5 fully saturated rings. The maximum absolute atomic E-state index is 9.80. The van der Waals surface area contributed by atoms with Crippen molar-refractivity contribution in [1.82, 2.24) is 29.4 Å². The Balaban J connectivity index is 0.954. The van der Waals surface area contributed by atoms with Crippen LogP contribution in [-0.2, 0) is 6.54 Å².